The number of nitrogens with two attached hydrogens (primary N) is 1. The van der Waals surface area contributed by atoms with Crippen LogP contribution in [0.2, 0.25) is 0 Å². The topological polar surface area (TPSA) is 159 Å². The van der Waals surface area contributed by atoms with Gasteiger partial charge in [-0.2, -0.15) is 0 Å². The van der Waals surface area contributed by atoms with E-state index in [1.54, 1.807) is 26.8 Å². The quantitative estimate of drug-likeness (QED) is 0.197. The Labute approximate surface area is 223 Å². The summed E-state index contributed by atoms with van der Waals surface area (Å²) in [6, 6.07) is 3.21. The largest absolute Gasteiger partial charge is 0.513 e. The number of ether oxygens (including phenoxy) is 7. The van der Waals surface area contributed by atoms with E-state index in [0.717, 1.165) is 0 Å². The lowest BCUT2D eigenvalue weighted by Gasteiger charge is -2.23. The molecule has 38 heavy (non-hydrogen) atoms. The van der Waals surface area contributed by atoms with Crippen LogP contribution in [-0.4, -0.2) is 62.0 Å². The fourth-order valence-corrected chi connectivity index (χ4v) is 2.68. The highest BCUT2D eigenvalue weighted by Crippen LogP contribution is 2.30. The van der Waals surface area contributed by atoms with Gasteiger partial charge in [-0.3, -0.25) is 4.79 Å². The van der Waals surface area contributed by atoms with E-state index in [4.69, 9.17) is 38.9 Å². The van der Waals surface area contributed by atoms with Crippen molar-refractivity contribution in [3.63, 3.8) is 0 Å². The second-order valence-electron chi connectivity index (χ2n) is 8.54. The zero-order valence-electron chi connectivity index (χ0n) is 22.9. The van der Waals surface area contributed by atoms with E-state index in [1.165, 1.54) is 12.1 Å². The number of hydrogen-bond acceptors (Lipinski definition) is 12. The van der Waals surface area contributed by atoms with Crippen LogP contribution in [0.1, 0.15) is 66.4 Å². The van der Waals surface area contributed by atoms with Crippen molar-refractivity contribution in [2.75, 3.05) is 13.2 Å². The molecule has 12 heteroatoms. The number of carbonyl (C=O) groups excluding carboxylic acids is 4. The van der Waals surface area contributed by atoms with E-state index < -0.39 is 42.7 Å². The van der Waals surface area contributed by atoms with Crippen LogP contribution >= 0.6 is 0 Å². The van der Waals surface area contributed by atoms with E-state index in [0.29, 0.717) is 24.8 Å². The lowest BCUT2D eigenvalue weighted by atomic mass is 10.1. The maximum absolute atomic E-state index is 12.6. The summed E-state index contributed by atoms with van der Waals surface area (Å²) < 4.78 is 35.7. The summed E-state index contributed by atoms with van der Waals surface area (Å²) >= 11 is 0. The van der Waals surface area contributed by atoms with Gasteiger partial charge in [0, 0.05) is 0 Å². The van der Waals surface area contributed by atoms with Crippen LogP contribution < -0.4 is 15.2 Å². The molecule has 0 saturated carbocycles. The van der Waals surface area contributed by atoms with Gasteiger partial charge in [-0.1, -0.05) is 26.8 Å². The van der Waals surface area contributed by atoms with E-state index in [2.05, 4.69) is 0 Å². The van der Waals surface area contributed by atoms with Gasteiger partial charge in [0.1, 0.15) is 24.4 Å². The van der Waals surface area contributed by atoms with E-state index >= 15 is 0 Å². The molecule has 1 unspecified atom stereocenters. The number of rotatable bonds is 14. The van der Waals surface area contributed by atoms with Crippen LogP contribution in [0, 0.1) is 0 Å². The monoisotopic (exact) mass is 541 g/mol. The summed E-state index contributed by atoms with van der Waals surface area (Å²) in [6.45, 7) is 10.7. The molecule has 0 fully saturated rings. The third-order valence-electron chi connectivity index (χ3n) is 5.12. The molecule has 12 nitrogen and oxygen atoms in total. The van der Waals surface area contributed by atoms with Crippen molar-refractivity contribution >= 4 is 24.4 Å². The molecule has 1 aromatic carbocycles. The Bertz CT molecular complexity index is 920. The highest BCUT2D eigenvalue weighted by atomic mass is 16.8. The molecular weight excluding hydrogens is 502 g/mol. The van der Waals surface area contributed by atoms with E-state index in [-0.39, 0.29) is 37.2 Å². The lowest BCUT2D eigenvalue weighted by molar-refractivity contribution is -0.155. The molecular formula is C26H39NO11. The normalized spacial score (nSPS) is 13.8. The molecule has 214 valence electrons. The highest BCUT2D eigenvalue weighted by Gasteiger charge is 2.26. The van der Waals surface area contributed by atoms with Crippen LogP contribution in [0.25, 0.3) is 0 Å². The number of carbonyl (C=O) groups is 4. The van der Waals surface area contributed by atoms with Gasteiger partial charge < -0.3 is 38.9 Å². The zero-order chi connectivity index (χ0) is 28.7. The SMILES string of the molecule is CCCOC(=O)Oc1ccc(C[C@H](N)C(=O)O[C@@H](C)[C@H](C)OC(=O)OC(C)CC)cc1OC(=O)OCCC. The van der Waals surface area contributed by atoms with Gasteiger partial charge in [-0.05, 0) is 64.2 Å². The Balaban J connectivity index is 2.86. The predicted octanol–water partition coefficient (Wildman–Crippen LogP) is 4.68. The molecule has 1 rings (SSSR count). The lowest BCUT2D eigenvalue weighted by Crippen LogP contribution is -2.39. The minimum absolute atomic E-state index is 0.00221. The second kappa shape index (κ2) is 17.1. The van der Waals surface area contributed by atoms with Crippen LogP contribution in [0.15, 0.2) is 18.2 Å². The maximum Gasteiger partial charge on any atom is 0.513 e. The summed E-state index contributed by atoms with van der Waals surface area (Å²) in [5.41, 5.74) is 6.51. The van der Waals surface area contributed by atoms with Gasteiger partial charge in [0.2, 0.25) is 0 Å². The van der Waals surface area contributed by atoms with Crippen LogP contribution in [0.5, 0.6) is 11.5 Å². The van der Waals surface area contributed by atoms with Crippen molar-refractivity contribution in [1.29, 1.82) is 0 Å². The molecule has 0 aliphatic rings. The molecule has 2 N–H and O–H groups in total. The Morgan fingerprint density at radius 2 is 1.32 bits per heavy atom. The molecule has 0 spiro atoms. The highest BCUT2D eigenvalue weighted by molar-refractivity contribution is 5.76. The van der Waals surface area contributed by atoms with Crippen molar-refractivity contribution in [3.05, 3.63) is 23.8 Å². The third kappa shape index (κ3) is 12.1. The number of hydrogen-bond donors (Lipinski definition) is 1. The minimum atomic E-state index is -1.10. The Hall–Kier alpha value is -3.54. The fourth-order valence-electron chi connectivity index (χ4n) is 2.68. The smallest absolute Gasteiger partial charge is 0.458 e. The molecule has 0 aliphatic heterocycles. The average molecular weight is 542 g/mol. The van der Waals surface area contributed by atoms with Gasteiger partial charge in [0.05, 0.1) is 13.2 Å². The molecule has 0 radical (unpaired) electrons. The Kier molecular flexibility index (Phi) is 14.6. The van der Waals surface area contributed by atoms with Gasteiger partial charge in [0.25, 0.3) is 0 Å². The van der Waals surface area contributed by atoms with Crippen LogP contribution in [0.4, 0.5) is 14.4 Å². The fraction of sp³-hybridized carbons (Fsp3) is 0.615. The predicted molar refractivity (Wildman–Crippen MR) is 135 cm³/mol. The van der Waals surface area contributed by atoms with Crippen molar-refractivity contribution < 1.29 is 52.3 Å². The minimum Gasteiger partial charge on any atom is -0.458 e. The van der Waals surface area contributed by atoms with E-state index in [9.17, 15) is 19.2 Å². The van der Waals surface area contributed by atoms with Crippen LogP contribution in [0.3, 0.4) is 0 Å². The first kappa shape index (κ1) is 32.5. The van der Waals surface area contributed by atoms with Crippen molar-refractivity contribution in [3.8, 4) is 11.5 Å². The molecule has 4 atom stereocenters. The van der Waals surface area contributed by atoms with Gasteiger partial charge in [-0.25, -0.2) is 14.4 Å². The summed E-state index contributed by atoms with van der Waals surface area (Å²) in [5, 5.41) is 0. The van der Waals surface area contributed by atoms with Crippen molar-refractivity contribution in [2.45, 2.75) is 91.6 Å². The van der Waals surface area contributed by atoms with Crippen LogP contribution in [-0.2, 0) is 34.9 Å². The molecule has 0 aliphatic carbocycles. The molecule has 0 bridgehead atoms. The van der Waals surface area contributed by atoms with Gasteiger partial charge >= 0.3 is 24.4 Å². The molecule has 1 aromatic rings. The first-order valence-electron chi connectivity index (χ1n) is 12.7. The molecule has 0 heterocycles. The number of esters is 1. The summed E-state index contributed by atoms with van der Waals surface area (Å²) in [7, 11) is 0. The summed E-state index contributed by atoms with van der Waals surface area (Å²) in [4.78, 5) is 48.3. The number of benzene rings is 1. The Morgan fingerprint density at radius 1 is 0.763 bits per heavy atom. The standard InChI is InChI=1S/C26H39NO11/c1-7-12-32-24(29)37-21-11-10-19(15-22(21)38-25(30)33-13-8-2)14-20(27)23(28)35-17(5)18(6)36-26(31)34-16(4)9-3/h10-11,15-18,20H,7-9,12-14,27H2,1-6H3/t16?,17-,18-,20-/m0/s1. The maximum atomic E-state index is 12.6. The third-order valence-corrected chi connectivity index (χ3v) is 5.12. The van der Waals surface area contributed by atoms with Crippen molar-refractivity contribution in [2.24, 2.45) is 5.73 Å². The summed E-state index contributed by atoms with van der Waals surface area (Å²) in [6.07, 6.45) is -2.88. The first-order chi connectivity index (χ1) is 18.0. The van der Waals surface area contributed by atoms with Crippen molar-refractivity contribution in [1.82, 2.24) is 0 Å². The van der Waals surface area contributed by atoms with E-state index in [1.807, 2.05) is 20.8 Å². The Morgan fingerprint density at radius 3 is 1.87 bits per heavy atom. The average Bonchev–Trinajstić information content (AvgIpc) is 2.87. The molecule has 0 aromatic heterocycles. The van der Waals surface area contributed by atoms with Gasteiger partial charge in [-0.15, -0.1) is 0 Å². The molecule has 0 saturated heterocycles. The summed E-state index contributed by atoms with van der Waals surface area (Å²) in [5.74, 6) is -0.937. The first-order valence-corrected chi connectivity index (χ1v) is 12.7. The second-order valence-corrected chi connectivity index (χ2v) is 8.54. The molecule has 0 amide bonds. The zero-order valence-corrected chi connectivity index (χ0v) is 22.9. The van der Waals surface area contributed by atoms with Gasteiger partial charge in [0.15, 0.2) is 11.5 Å².